The van der Waals surface area contributed by atoms with Crippen LogP contribution in [0.15, 0.2) is 18.2 Å². The predicted molar refractivity (Wildman–Crippen MR) is 123 cm³/mol. The lowest BCUT2D eigenvalue weighted by Crippen LogP contribution is -2.04. The van der Waals surface area contributed by atoms with Gasteiger partial charge in [-0.1, -0.05) is 96.8 Å². The number of benzene rings is 1. The SMILES string of the molecule is CCCCCCCCCCCCCCCCCC(=O)c1ccc(O)cc1OCC. The normalized spacial score (nSPS) is 11.0. The average Bonchev–Trinajstić information content (AvgIpc) is 2.71. The van der Waals surface area contributed by atoms with Gasteiger partial charge in [0, 0.05) is 12.5 Å². The third kappa shape index (κ3) is 12.6. The number of ether oxygens (including phenoxy) is 1. The molecule has 0 radical (unpaired) electrons. The van der Waals surface area contributed by atoms with E-state index in [1.165, 1.54) is 89.5 Å². The molecule has 0 aliphatic heterocycles. The molecule has 1 aromatic rings. The molecule has 0 saturated carbocycles. The topological polar surface area (TPSA) is 46.5 Å². The Kier molecular flexibility index (Phi) is 15.3. The molecule has 29 heavy (non-hydrogen) atoms. The van der Waals surface area contributed by atoms with Gasteiger partial charge in [-0.25, -0.2) is 0 Å². The van der Waals surface area contributed by atoms with E-state index in [1.807, 2.05) is 6.92 Å². The molecule has 0 fully saturated rings. The lowest BCUT2D eigenvalue weighted by molar-refractivity contribution is 0.0975. The first-order chi connectivity index (χ1) is 14.2. The maximum atomic E-state index is 12.4. The monoisotopic (exact) mass is 404 g/mol. The van der Waals surface area contributed by atoms with E-state index < -0.39 is 0 Å². The summed E-state index contributed by atoms with van der Waals surface area (Å²) >= 11 is 0. The maximum Gasteiger partial charge on any atom is 0.166 e. The minimum atomic E-state index is 0.114. The number of hydrogen-bond donors (Lipinski definition) is 1. The molecule has 0 bridgehead atoms. The minimum Gasteiger partial charge on any atom is -0.508 e. The second kappa shape index (κ2) is 17.4. The van der Waals surface area contributed by atoms with Crippen molar-refractivity contribution >= 4 is 5.78 Å². The molecule has 0 atom stereocenters. The fraction of sp³-hybridized carbons (Fsp3) is 0.731. The third-order valence-electron chi connectivity index (χ3n) is 5.57. The number of ketones is 1. The van der Waals surface area contributed by atoms with Crippen molar-refractivity contribution in [1.29, 1.82) is 0 Å². The highest BCUT2D eigenvalue weighted by Crippen LogP contribution is 2.26. The Balaban J connectivity index is 1.98. The van der Waals surface area contributed by atoms with Crippen molar-refractivity contribution in [1.82, 2.24) is 0 Å². The molecule has 0 unspecified atom stereocenters. The van der Waals surface area contributed by atoms with Gasteiger partial charge in [-0.05, 0) is 25.5 Å². The van der Waals surface area contributed by atoms with Crippen LogP contribution in [-0.2, 0) is 0 Å². The van der Waals surface area contributed by atoms with Crippen LogP contribution in [0.2, 0.25) is 0 Å². The number of phenols is 1. The summed E-state index contributed by atoms with van der Waals surface area (Å²) in [6, 6.07) is 4.76. The second-order valence-electron chi connectivity index (χ2n) is 8.24. The predicted octanol–water partition coefficient (Wildman–Crippen LogP) is 8.24. The van der Waals surface area contributed by atoms with Crippen LogP contribution in [0.3, 0.4) is 0 Å². The quantitative estimate of drug-likeness (QED) is 0.186. The summed E-state index contributed by atoms with van der Waals surface area (Å²) in [4.78, 5) is 12.4. The standard InChI is InChI=1S/C26H44O3/c1-3-5-6-7-8-9-10-11-12-13-14-15-16-17-18-19-25(28)24-21-20-23(27)22-26(24)29-4-2/h20-22,27H,3-19H2,1-2H3. The van der Waals surface area contributed by atoms with Gasteiger partial charge < -0.3 is 9.84 Å². The van der Waals surface area contributed by atoms with E-state index in [2.05, 4.69) is 6.92 Å². The molecule has 1 aromatic carbocycles. The van der Waals surface area contributed by atoms with Crippen LogP contribution in [0.5, 0.6) is 11.5 Å². The lowest BCUT2D eigenvalue weighted by Gasteiger charge is -2.10. The molecule has 0 aliphatic carbocycles. The Labute approximate surface area is 179 Å². The van der Waals surface area contributed by atoms with Gasteiger partial charge in [-0.2, -0.15) is 0 Å². The fourth-order valence-electron chi connectivity index (χ4n) is 3.81. The molecule has 0 spiro atoms. The molecule has 3 nitrogen and oxygen atoms in total. The number of carbonyl (C=O) groups is 1. The number of aromatic hydroxyl groups is 1. The van der Waals surface area contributed by atoms with E-state index in [4.69, 9.17) is 4.74 Å². The highest BCUT2D eigenvalue weighted by atomic mass is 16.5. The van der Waals surface area contributed by atoms with Crippen LogP contribution in [0, 0.1) is 0 Å². The highest BCUT2D eigenvalue weighted by Gasteiger charge is 2.13. The minimum absolute atomic E-state index is 0.114. The van der Waals surface area contributed by atoms with Crippen molar-refractivity contribution in [3.05, 3.63) is 23.8 Å². The van der Waals surface area contributed by atoms with Crippen molar-refractivity contribution in [2.75, 3.05) is 6.61 Å². The van der Waals surface area contributed by atoms with Crippen molar-refractivity contribution in [2.24, 2.45) is 0 Å². The van der Waals surface area contributed by atoms with Crippen LogP contribution in [0.1, 0.15) is 127 Å². The highest BCUT2D eigenvalue weighted by molar-refractivity contribution is 5.98. The first kappa shape index (κ1) is 25.5. The molecule has 1 rings (SSSR count). The number of unbranched alkanes of at least 4 members (excludes halogenated alkanes) is 14. The number of Topliss-reactive ketones (excluding diaryl/α,β-unsaturated/α-hetero) is 1. The van der Waals surface area contributed by atoms with Crippen molar-refractivity contribution < 1.29 is 14.6 Å². The van der Waals surface area contributed by atoms with Crippen molar-refractivity contribution in [3.8, 4) is 11.5 Å². The molecule has 166 valence electrons. The van der Waals surface area contributed by atoms with Gasteiger partial charge in [0.05, 0.1) is 12.2 Å². The third-order valence-corrected chi connectivity index (χ3v) is 5.57. The van der Waals surface area contributed by atoms with Gasteiger partial charge in [0.2, 0.25) is 0 Å². The Morgan fingerprint density at radius 2 is 1.24 bits per heavy atom. The maximum absolute atomic E-state index is 12.4. The van der Waals surface area contributed by atoms with Crippen LogP contribution < -0.4 is 4.74 Å². The fourth-order valence-corrected chi connectivity index (χ4v) is 3.81. The Morgan fingerprint density at radius 1 is 0.759 bits per heavy atom. The summed E-state index contributed by atoms with van der Waals surface area (Å²) in [6.07, 6.45) is 20.4. The molecule has 0 aromatic heterocycles. The molecule has 0 saturated heterocycles. The summed E-state index contributed by atoms with van der Waals surface area (Å²) < 4.78 is 5.49. The van der Waals surface area contributed by atoms with Gasteiger partial charge >= 0.3 is 0 Å². The summed E-state index contributed by atoms with van der Waals surface area (Å²) in [6.45, 7) is 4.64. The number of hydrogen-bond acceptors (Lipinski definition) is 3. The lowest BCUT2D eigenvalue weighted by atomic mass is 10.0. The van der Waals surface area contributed by atoms with Gasteiger partial charge in [-0.15, -0.1) is 0 Å². The Bertz CT molecular complexity index is 539. The van der Waals surface area contributed by atoms with Gasteiger partial charge in [-0.3, -0.25) is 4.79 Å². The zero-order chi connectivity index (χ0) is 21.2. The van der Waals surface area contributed by atoms with E-state index in [9.17, 15) is 9.90 Å². The summed E-state index contributed by atoms with van der Waals surface area (Å²) in [5.74, 6) is 0.749. The van der Waals surface area contributed by atoms with E-state index in [0.717, 1.165) is 12.8 Å². The van der Waals surface area contributed by atoms with Crippen LogP contribution >= 0.6 is 0 Å². The first-order valence-electron chi connectivity index (χ1n) is 12.2. The van der Waals surface area contributed by atoms with E-state index >= 15 is 0 Å². The molecular weight excluding hydrogens is 360 g/mol. The molecule has 0 aliphatic rings. The number of rotatable bonds is 19. The molecule has 1 N–H and O–H groups in total. The number of phenolic OH excluding ortho intramolecular Hbond substituents is 1. The summed E-state index contributed by atoms with van der Waals surface area (Å²) in [5, 5.41) is 9.57. The van der Waals surface area contributed by atoms with Crippen LogP contribution in [-0.4, -0.2) is 17.5 Å². The van der Waals surface area contributed by atoms with E-state index in [0.29, 0.717) is 24.3 Å². The zero-order valence-electron chi connectivity index (χ0n) is 19.0. The van der Waals surface area contributed by atoms with Crippen molar-refractivity contribution in [3.63, 3.8) is 0 Å². The first-order valence-corrected chi connectivity index (χ1v) is 12.2. The smallest absolute Gasteiger partial charge is 0.166 e. The van der Waals surface area contributed by atoms with Crippen molar-refractivity contribution in [2.45, 2.75) is 117 Å². The molecule has 3 heteroatoms. The molecular formula is C26H44O3. The molecule has 0 heterocycles. The van der Waals surface area contributed by atoms with Gasteiger partial charge in [0.25, 0.3) is 0 Å². The summed E-state index contributed by atoms with van der Waals surface area (Å²) in [5.41, 5.74) is 0.593. The second-order valence-corrected chi connectivity index (χ2v) is 8.24. The number of carbonyl (C=O) groups excluding carboxylic acids is 1. The van der Waals surface area contributed by atoms with Gasteiger partial charge in [0.15, 0.2) is 5.78 Å². The molecule has 0 amide bonds. The summed E-state index contributed by atoms with van der Waals surface area (Å²) in [7, 11) is 0. The van der Waals surface area contributed by atoms with Crippen LogP contribution in [0.25, 0.3) is 0 Å². The Hall–Kier alpha value is -1.51. The van der Waals surface area contributed by atoms with E-state index in [1.54, 1.807) is 12.1 Å². The van der Waals surface area contributed by atoms with Crippen LogP contribution in [0.4, 0.5) is 0 Å². The zero-order valence-corrected chi connectivity index (χ0v) is 19.0. The average molecular weight is 405 g/mol. The van der Waals surface area contributed by atoms with E-state index in [-0.39, 0.29) is 11.5 Å². The largest absolute Gasteiger partial charge is 0.508 e. The Morgan fingerprint density at radius 3 is 1.72 bits per heavy atom. The van der Waals surface area contributed by atoms with Gasteiger partial charge in [0.1, 0.15) is 11.5 Å².